The highest BCUT2D eigenvalue weighted by molar-refractivity contribution is 5.91. The molecule has 2 rings (SSSR count). The Morgan fingerprint density at radius 1 is 1.52 bits per heavy atom. The highest BCUT2D eigenvalue weighted by atomic mass is 16.6. The predicted molar refractivity (Wildman–Crippen MR) is 86.9 cm³/mol. The molecule has 1 aromatic rings. The van der Waals surface area contributed by atoms with Gasteiger partial charge in [0.15, 0.2) is 0 Å². The molecule has 1 atom stereocenters. The summed E-state index contributed by atoms with van der Waals surface area (Å²) in [7, 11) is 0. The Labute approximate surface area is 135 Å². The topological polar surface area (TPSA) is 88.6 Å². The molecule has 1 aliphatic heterocycles. The summed E-state index contributed by atoms with van der Waals surface area (Å²) in [5, 5.41) is 13.3. The molecule has 0 saturated carbocycles. The first-order valence-electron chi connectivity index (χ1n) is 8.00. The highest BCUT2D eigenvalue weighted by Gasteiger charge is 2.17. The molecule has 0 aromatic carbocycles. The van der Waals surface area contributed by atoms with Gasteiger partial charge in [0.25, 0.3) is 0 Å². The molecule has 23 heavy (non-hydrogen) atoms. The van der Waals surface area contributed by atoms with Crippen LogP contribution >= 0.6 is 0 Å². The van der Waals surface area contributed by atoms with Crippen molar-refractivity contribution in [3.63, 3.8) is 0 Å². The summed E-state index contributed by atoms with van der Waals surface area (Å²) in [6, 6.07) is 3.35. The molecule has 1 aliphatic rings. The van der Waals surface area contributed by atoms with E-state index >= 15 is 0 Å². The first-order valence-corrected chi connectivity index (χ1v) is 8.00. The van der Waals surface area contributed by atoms with E-state index in [1.54, 1.807) is 0 Å². The number of carbonyl (C=O) groups is 1. The van der Waals surface area contributed by atoms with E-state index in [4.69, 9.17) is 4.42 Å². The molecule has 1 aromatic heterocycles. The van der Waals surface area contributed by atoms with Crippen molar-refractivity contribution < 1.29 is 14.1 Å². The Bertz CT molecular complexity index is 567. The number of furan rings is 1. The molecule has 1 N–H and O–H groups in total. The van der Waals surface area contributed by atoms with Crippen molar-refractivity contribution in [1.82, 2.24) is 10.2 Å². The molecule has 1 fully saturated rings. The van der Waals surface area contributed by atoms with E-state index in [1.807, 2.05) is 0 Å². The van der Waals surface area contributed by atoms with Crippen molar-refractivity contribution >= 4 is 17.9 Å². The third kappa shape index (κ3) is 5.52. The third-order valence-corrected chi connectivity index (χ3v) is 4.05. The van der Waals surface area contributed by atoms with Gasteiger partial charge in [-0.15, -0.1) is 0 Å². The fourth-order valence-electron chi connectivity index (χ4n) is 2.73. The van der Waals surface area contributed by atoms with Gasteiger partial charge >= 0.3 is 5.88 Å². The molecule has 0 spiro atoms. The lowest BCUT2D eigenvalue weighted by Gasteiger charge is -2.33. The van der Waals surface area contributed by atoms with Crippen LogP contribution in [-0.2, 0) is 4.79 Å². The van der Waals surface area contributed by atoms with Gasteiger partial charge in [0.1, 0.15) is 10.7 Å². The second kappa shape index (κ2) is 8.47. The number of nitrogens with zero attached hydrogens (tertiary/aromatic N) is 2. The number of piperidine rings is 1. The van der Waals surface area contributed by atoms with E-state index in [0.717, 1.165) is 19.5 Å². The van der Waals surface area contributed by atoms with Crippen molar-refractivity contribution in [2.75, 3.05) is 19.6 Å². The fraction of sp³-hybridized carbons (Fsp3) is 0.562. The molecule has 126 valence electrons. The normalized spacial score (nSPS) is 19.1. The van der Waals surface area contributed by atoms with Crippen LogP contribution in [0, 0.1) is 10.1 Å². The second-order valence-corrected chi connectivity index (χ2v) is 5.79. The first kappa shape index (κ1) is 17.2. The van der Waals surface area contributed by atoms with E-state index in [0.29, 0.717) is 12.6 Å². The molecule has 7 heteroatoms. The van der Waals surface area contributed by atoms with E-state index in [-0.39, 0.29) is 17.6 Å². The predicted octanol–water partition coefficient (Wildman–Crippen LogP) is 2.58. The van der Waals surface area contributed by atoms with Crippen LogP contribution in [0.1, 0.15) is 38.4 Å². The number of likely N-dealkylation sites (tertiary alicyclic amines) is 1. The van der Waals surface area contributed by atoms with Crippen molar-refractivity contribution in [2.45, 2.75) is 38.6 Å². The van der Waals surface area contributed by atoms with Crippen LogP contribution in [0.25, 0.3) is 6.08 Å². The molecular formula is C16H23N3O4. The molecular weight excluding hydrogens is 298 g/mol. The summed E-state index contributed by atoms with van der Waals surface area (Å²) < 4.78 is 4.94. The minimum absolute atomic E-state index is 0.226. The molecule has 1 saturated heterocycles. The van der Waals surface area contributed by atoms with Gasteiger partial charge in [0, 0.05) is 25.2 Å². The maximum absolute atomic E-state index is 11.7. The lowest BCUT2D eigenvalue weighted by molar-refractivity contribution is -0.402. The third-order valence-electron chi connectivity index (χ3n) is 4.05. The molecule has 0 radical (unpaired) electrons. The van der Waals surface area contributed by atoms with Crippen LogP contribution in [-0.4, -0.2) is 41.4 Å². The zero-order valence-corrected chi connectivity index (χ0v) is 13.4. The molecule has 0 aliphatic carbocycles. The maximum Gasteiger partial charge on any atom is 0.433 e. The maximum atomic E-state index is 11.7. The zero-order valence-electron chi connectivity index (χ0n) is 13.4. The molecule has 0 unspecified atom stereocenters. The number of rotatable bonds is 7. The average Bonchev–Trinajstić information content (AvgIpc) is 3.00. The van der Waals surface area contributed by atoms with Gasteiger partial charge in [0.2, 0.25) is 5.91 Å². The SMILES string of the molecule is C[C@H]1CCCCN1CCCNC(=O)/C=C/c1ccc([N+](=O)[O-])o1. The molecule has 1 amide bonds. The van der Waals surface area contributed by atoms with Gasteiger partial charge in [0.05, 0.1) is 6.07 Å². The first-order chi connectivity index (χ1) is 11.1. The zero-order chi connectivity index (χ0) is 16.7. The number of amides is 1. The van der Waals surface area contributed by atoms with Crippen LogP contribution in [0.2, 0.25) is 0 Å². The van der Waals surface area contributed by atoms with E-state index in [2.05, 4.69) is 17.1 Å². The van der Waals surface area contributed by atoms with E-state index in [1.165, 1.54) is 43.5 Å². The summed E-state index contributed by atoms with van der Waals surface area (Å²) in [6.07, 6.45) is 7.49. The minimum atomic E-state index is -0.612. The fourth-order valence-corrected chi connectivity index (χ4v) is 2.73. The van der Waals surface area contributed by atoms with Gasteiger partial charge in [-0.25, -0.2) is 0 Å². The number of hydrogen-bond donors (Lipinski definition) is 1. The standard InChI is InChI=1S/C16H23N3O4/c1-13-5-2-3-11-18(13)12-4-10-17-15(20)8-6-14-7-9-16(23-14)19(21)22/h6-9,13H,2-5,10-12H2,1H3,(H,17,20)/b8-6+/t13-/m0/s1. The summed E-state index contributed by atoms with van der Waals surface area (Å²) in [5.41, 5.74) is 0. The molecule has 7 nitrogen and oxygen atoms in total. The van der Waals surface area contributed by atoms with E-state index in [9.17, 15) is 14.9 Å². The monoisotopic (exact) mass is 321 g/mol. The average molecular weight is 321 g/mol. The van der Waals surface area contributed by atoms with Gasteiger partial charge < -0.3 is 14.6 Å². The van der Waals surface area contributed by atoms with Crippen LogP contribution in [0.5, 0.6) is 0 Å². The van der Waals surface area contributed by atoms with Crippen molar-refractivity contribution in [3.8, 4) is 0 Å². The summed E-state index contributed by atoms with van der Waals surface area (Å²) in [6.45, 7) is 5.01. The lowest BCUT2D eigenvalue weighted by Crippen LogP contribution is -2.39. The number of hydrogen-bond acceptors (Lipinski definition) is 5. The number of carbonyl (C=O) groups excluding carboxylic acids is 1. The largest absolute Gasteiger partial charge is 0.433 e. The molecule has 0 bridgehead atoms. The van der Waals surface area contributed by atoms with Gasteiger partial charge in [-0.3, -0.25) is 14.9 Å². The van der Waals surface area contributed by atoms with Gasteiger partial charge in [-0.05, 0) is 44.9 Å². The Kier molecular flexibility index (Phi) is 6.34. The Hall–Kier alpha value is -2.15. The quantitative estimate of drug-likeness (QED) is 0.361. The summed E-state index contributed by atoms with van der Waals surface area (Å²) in [5.74, 6) is -0.273. The van der Waals surface area contributed by atoms with E-state index < -0.39 is 4.92 Å². The summed E-state index contributed by atoms with van der Waals surface area (Å²) >= 11 is 0. The highest BCUT2D eigenvalue weighted by Crippen LogP contribution is 2.17. The van der Waals surface area contributed by atoms with Gasteiger partial charge in [-0.2, -0.15) is 0 Å². The Balaban J connectivity index is 1.66. The number of nitro groups is 1. The summed E-state index contributed by atoms with van der Waals surface area (Å²) in [4.78, 5) is 24.0. The van der Waals surface area contributed by atoms with Crippen LogP contribution in [0.3, 0.4) is 0 Å². The van der Waals surface area contributed by atoms with Crippen LogP contribution < -0.4 is 5.32 Å². The smallest absolute Gasteiger partial charge is 0.401 e. The van der Waals surface area contributed by atoms with Gasteiger partial charge in [-0.1, -0.05) is 6.42 Å². The van der Waals surface area contributed by atoms with Crippen LogP contribution in [0.15, 0.2) is 22.6 Å². The molecule has 2 heterocycles. The lowest BCUT2D eigenvalue weighted by atomic mass is 10.0. The van der Waals surface area contributed by atoms with Crippen molar-refractivity contribution in [1.29, 1.82) is 0 Å². The Morgan fingerprint density at radius 3 is 3.04 bits per heavy atom. The van der Waals surface area contributed by atoms with Crippen molar-refractivity contribution in [2.24, 2.45) is 0 Å². The second-order valence-electron chi connectivity index (χ2n) is 5.79. The number of nitrogens with one attached hydrogen (secondary N) is 1. The van der Waals surface area contributed by atoms with Crippen molar-refractivity contribution in [3.05, 3.63) is 34.1 Å². The minimum Gasteiger partial charge on any atom is -0.401 e. The van der Waals surface area contributed by atoms with Crippen LogP contribution in [0.4, 0.5) is 5.88 Å². The Morgan fingerprint density at radius 2 is 2.35 bits per heavy atom.